The third-order valence-electron chi connectivity index (χ3n) is 0.683. The zero-order valence-corrected chi connectivity index (χ0v) is 5.11. The van der Waals surface area contributed by atoms with E-state index in [1.807, 2.05) is 0 Å². The maximum absolute atomic E-state index is 9.78. The monoisotopic (exact) mass is 145 g/mol. The number of carboxylic acid groups (broad SMARTS) is 1. The summed E-state index contributed by atoms with van der Waals surface area (Å²) in [5.41, 5.74) is 0. The van der Waals surface area contributed by atoms with Gasteiger partial charge in [-0.15, -0.1) is 0 Å². The number of ether oxygens (including phenoxy) is 1. The predicted octanol–water partition coefficient (Wildman–Crippen LogP) is 1.50. The fourth-order valence-electron chi connectivity index (χ4n) is 0.408. The molecule has 0 radical (unpaired) electrons. The Bertz CT molecular complexity index is 193. The van der Waals surface area contributed by atoms with Gasteiger partial charge in [0, 0.05) is 6.07 Å². The van der Waals surface area contributed by atoms with Crippen molar-refractivity contribution < 1.29 is 19.1 Å². The molecule has 5 heteroatoms. The molecule has 0 fully saturated rings. The average molecular weight is 145 g/mol. The third-order valence-corrected chi connectivity index (χ3v) is 0.683. The minimum atomic E-state index is -1.37. The van der Waals surface area contributed by atoms with E-state index in [2.05, 4.69) is 9.15 Å². The van der Waals surface area contributed by atoms with Crippen molar-refractivity contribution in [2.75, 3.05) is 0 Å². The minimum absolute atomic E-state index is 0. The van der Waals surface area contributed by atoms with Gasteiger partial charge in [-0.1, -0.05) is 0 Å². The Morgan fingerprint density at radius 2 is 2.40 bits per heavy atom. The Hall–Kier alpha value is -1.49. The van der Waals surface area contributed by atoms with Gasteiger partial charge in [-0.3, -0.25) is 0 Å². The van der Waals surface area contributed by atoms with Gasteiger partial charge in [0.2, 0.25) is 0 Å². The lowest BCUT2D eigenvalue weighted by molar-refractivity contribution is 0.133. The van der Waals surface area contributed by atoms with Crippen molar-refractivity contribution in [2.45, 2.75) is 0 Å². The first-order valence-electron chi connectivity index (χ1n) is 2.23. The van der Waals surface area contributed by atoms with Crippen LogP contribution in [0.3, 0.4) is 0 Å². The largest absolute Gasteiger partial charge is 0.513 e. The fourth-order valence-corrected chi connectivity index (χ4v) is 0.408. The lowest BCUT2D eigenvalue weighted by Gasteiger charge is -1.89. The molecule has 0 atom stereocenters. The van der Waals surface area contributed by atoms with Crippen LogP contribution in [0.2, 0.25) is 0 Å². The Kier molecular flexibility index (Phi) is 2.99. The summed E-state index contributed by atoms with van der Waals surface area (Å²) < 4.78 is 8.65. The van der Waals surface area contributed by atoms with Crippen LogP contribution in [0.15, 0.2) is 22.8 Å². The molecule has 10 heavy (non-hydrogen) atoms. The summed E-state index contributed by atoms with van der Waals surface area (Å²) in [5.74, 6) is -0.0116. The Balaban J connectivity index is 0.000000810. The smallest absolute Gasteiger partial charge is 0.449 e. The lowest BCUT2D eigenvalue weighted by Crippen LogP contribution is -2.01. The molecule has 0 saturated heterocycles. The molecular formula is C5H7NO4. The van der Waals surface area contributed by atoms with Crippen molar-refractivity contribution in [3.8, 4) is 5.95 Å². The topological polar surface area (TPSA) is 94.7 Å². The Morgan fingerprint density at radius 3 is 2.80 bits per heavy atom. The molecule has 0 spiro atoms. The van der Waals surface area contributed by atoms with Crippen molar-refractivity contribution in [1.82, 2.24) is 6.15 Å². The summed E-state index contributed by atoms with van der Waals surface area (Å²) in [5, 5.41) is 8.00. The number of hydrogen-bond donors (Lipinski definition) is 2. The second kappa shape index (κ2) is 3.52. The van der Waals surface area contributed by atoms with E-state index >= 15 is 0 Å². The molecule has 0 aliphatic rings. The first kappa shape index (κ1) is 8.51. The molecule has 0 saturated carbocycles. The summed E-state index contributed by atoms with van der Waals surface area (Å²) in [6.07, 6.45) is -0.0388. The van der Waals surface area contributed by atoms with Crippen molar-refractivity contribution in [3.63, 3.8) is 0 Å². The minimum Gasteiger partial charge on any atom is -0.449 e. The maximum atomic E-state index is 9.78. The van der Waals surface area contributed by atoms with Gasteiger partial charge in [0.05, 0.1) is 6.26 Å². The molecule has 0 aliphatic carbocycles. The standard InChI is InChI=1S/C5H4O4.H3N/c6-5(7)9-4-2-1-3-8-4;/h1-3H,(H,6,7);1H3. The number of hydrogen-bond acceptors (Lipinski definition) is 4. The number of furan rings is 1. The quantitative estimate of drug-likeness (QED) is 0.584. The van der Waals surface area contributed by atoms with Gasteiger partial charge in [-0.25, -0.2) is 4.79 Å². The van der Waals surface area contributed by atoms with E-state index in [9.17, 15) is 4.79 Å². The van der Waals surface area contributed by atoms with E-state index in [0.717, 1.165) is 0 Å². The van der Waals surface area contributed by atoms with Crippen LogP contribution in [0.4, 0.5) is 4.79 Å². The van der Waals surface area contributed by atoms with Gasteiger partial charge in [-0.05, 0) is 6.07 Å². The molecule has 0 aromatic carbocycles. The van der Waals surface area contributed by atoms with Gasteiger partial charge < -0.3 is 20.4 Å². The summed E-state index contributed by atoms with van der Waals surface area (Å²) in [6, 6.07) is 2.95. The molecule has 1 rings (SSSR count). The lowest BCUT2D eigenvalue weighted by atomic mass is 10.7. The van der Waals surface area contributed by atoms with Gasteiger partial charge in [0.25, 0.3) is 5.95 Å². The van der Waals surface area contributed by atoms with Crippen molar-refractivity contribution in [2.24, 2.45) is 0 Å². The summed E-state index contributed by atoms with van der Waals surface area (Å²) in [7, 11) is 0. The molecule has 1 aromatic heterocycles. The normalized spacial score (nSPS) is 8.00. The third kappa shape index (κ3) is 2.19. The highest BCUT2D eigenvalue weighted by molar-refractivity contribution is 5.59. The Morgan fingerprint density at radius 1 is 1.70 bits per heavy atom. The van der Waals surface area contributed by atoms with Crippen LogP contribution in [0, 0.1) is 0 Å². The second-order valence-electron chi connectivity index (χ2n) is 1.30. The van der Waals surface area contributed by atoms with E-state index in [1.165, 1.54) is 18.4 Å². The Labute approximate surface area is 56.8 Å². The summed E-state index contributed by atoms with van der Waals surface area (Å²) in [4.78, 5) is 9.78. The molecule has 0 aliphatic heterocycles. The van der Waals surface area contributed by atoms with E-state index in [-0.39, 0.29) is 12.1 Å². The maximum Gasteiger partial charge on any atom is 0.513 e. The predicted molar refractivity (Wildman–Crippen MR) is 32.4 cm³/mol. The first-order chi connectivity index (χ1) is 4.29. The van der Waals surface area contributed by atoms with Crippen LogP contribution in [0.5, 0.6) is 5.95 Å². The number of rotatable bonds is 1. The van der Waals surface area contributed by atoms with E-state index in [1.54, 1.807) is 0 Å². The molecule has 1 aromatic rings. The average Bonchev–Trinajstić information content (AvgIpc) is 2.15. The van der Waals surface area contributed by atoms with Gasteiger partial charge in [-0.2, -0.15) is 0 Å². The SMILES string of the molecule is N.O=C(O)Oc1ccco1. The molecule has 5 nitrogen and oxygen atoms in total. The number of carbonyl (C=O) groups is 1. The highest BCUT2D eigenvalue weighted by atomic mass is 16.7. The van der Waals surface area contributed by atoms with E-state index in [4.69, 9.17) is 5.11 Å². The summed E-state index contributed by atoms with van der Waals surface area (Å²) >= 11 is 0. The zero-order chi connectivity index (χ0) is 6.69. The molecule has 0 amide bonds. The van der Waals surface area contributed by atoms with Crippen molar-refractivity contribution >= 4 is 6.16 Å². The molecule has 0 unspecified atom stereocenters. The van der Waals surface area contributed by atoms with Gasteiger partial charge in [0.15, 0.2) is 0 Å². The molecule has 56 valence electrons. The highest BCUT2D eigenvalue weighted by Crippen LogP contribution is 2.09. The fraction of sp³-hybridized carbons (Fsp3) is 0. The van der Waals surface area contributed by atoms with Crippen molar-refractivity contribution in [1.29, 1.82) is 0 Å². The van der Waals surface area contributed by atoms with Crippen molar-refractivity contribution in [3.05, 3.63) is 18.4 Å². The molecular weight excluding hydrogens is 138 g/mol. The van der Waals surface area contributed by atoms with Gasteiger partial charge in [0.1, 0.15) is 0 Å². The molecule has 0 bridgehead atoms. The molecule has 1 heterocycles. The first-order valence-corrected chi connectivity index (χ1v) is 2.23. The van der Waals surface area contributed by atoms with Crippen LogP contribution in [-0.2, 0) is 0 Å². The zero-order valence-electron chi connectivity index (χ0n) is 5.11. The summed E-state index contributed by atoms with van der Waals surface area (Å²) in [6.45, 7) is 0. The van der Waals surface area contributed by atoms with Gasteiger partial charge >= 0.3 is 6.16 Å². The van der Waals surface area contributed by atoms with Crippen LogP contribution >= 0.6 is 0 Å². The van der Waals surface area contributed by atoms with Crippen LogP contribution in [0.25, 0.3) is 0 Å². The molecule has 4 N–H and O–H groups in total. The van der Waals surface area contributed by atoms with Crippen LogP contribution < -0.4 is 10.9 Å². The second-order valence-corrected chi connectivity index (χ2v) is 1.30. The van der Waals surface area contributed by atoms with Crippen LogP contribution in [0.1, 0.15) is 0 Å². The van der Waals surface area contributed by atoms with E-state index < -0.39 is 6.16 Å². The highest BCUT2D eigenvalue weighted by Gasteiger charge is 2.00. The van der Waals surface area contributed by atoms with E-state index in [0.29, 0.717) is 0 Å². The van der Waals surface area contributed by atoms with Crippen LogP contribution in [-0.4, -0.2) is 11.3 Å².